The van der Waals surface area contributed by atoms with Gasteiger partial charge in [-0.25, -0.2) is 0 Å². The summed E-state index contributed by atoms with van der Waals surface area (Å²) in [4.78, 5) is 14.8. The molecule has 2 heterocycles. The summed E-state index contributed by atoms with van der Waals surface area (Å²) in [5.41, 5.74) is 0.634. The molecule has 6 heteroatoms. The van der Waals surface area contributed by atoms with Crippen LogP contribution in [0.1, 0.15) is 24.4 Å². The number of nitrogens with zero attached hydrogens (tertiary/aromatic N) is 1. The Morgan fingerprint density at radius 1 is 1.20 bits per heavy atom. The van der Waals surface area contributed by atoms with Crippen molar-refractivity contribution in [1.82, 2.24) is 10.2 Å². The Labute approximate surface area is 152 Å². The molecule has 3 rings (SSSR count). The molecule has 1 aliphatic heterocycles. The smallest absolute Gasteiger partial charge is 0.287 e. The van der Waals surface area contributed by atoms with E-state index in [0.717, 1.165) is 31.9 Å². The minimum atomic E-state index is -0.223. The van der Waals surface area contributed by atoms with Crippen LogP contribution < -0.4 is 5.32 Å². The van der Waals surface area contributed by atoms with Gasteiger partial charge in [0.15, 0.2) is 5.76 Å². The predicted octanol–water partition coefficient (Wildman–Crippen LogP) is 3.44. The van der Waals surface area contributed by atoms with Crippen LogP contribution in [0.15, 0.2) is 40.8 Å². The number of nitrogens with one attached hydrogen (secondary N) is 1. The number of hydrogen-bond donors (Lipinski definition) is 1. The Balaban J connectivity index is 1.63. The van der Waals surface area contributed by atoms with Gasteiger partial charge < -0.3 is 14.5 Å². The Bertz CT molecular complexity index is 736. The van der Waals surface area contributed by atoms with Crippen molar-refractivity contribution in [2.75, 3.05) is 32.8 Å². The number of hydrogen-bond acceptors (Lipinski definition) is 4. The molecule has 1 amide bonds. The Hall–Kier alpha value is -1.82. The van der Waals surface area contributed by atoms with Crippen molar-refractivity contribution in [3.8, 4) is 11.3 Å². The van der Waals surface area contributed by atoms with Gasteiger partial charge in [-0.3, -0.25) is 9.69 Å². The molecule has 0 atom stereocenters. The van der Waals surface area contributed by atoms with E-state index in [2.05, 4.69) is 24.1 Å². The predicted molar refractivity (Wildman–Crippen MR) is 98.0 cm³/mol. The highest BCUT2D eigenvalue weighted by atomic mass is 35.5. The van der Waals surface area contributed by atoms with Crippen molar-refractivity contribution in [2.45, 2.75) is 19.4 Å². The summed E-state index contributed by atoms with van der Waals surface area (Å²) in [6, 6.07) is 10.8. The molecule has 0 unspecified atom stereocenters. The number of carbonyl (C=O) groups excluding carboxylic acids is 1. The van der Waals surface area contributed by atoms with Crippen molar-refractivity contribution in [3.63, 3.8) is 0 Å². The van der Waals surface area contributed by atoms with Gasteiger partial charge >= 0.3 is 0 Å². The van der Waals surface area contributed by atoms with E-state index in [1.807, 2.05) is 18.2 Å². The van der Waals surface area contributed by atoms with Crippen molar-refractivity contribution in [2.24, 2.45) is 0 Å². The van der Waals surface area contributed by atoms with Crippen LogP contribution in [0.5, 0.6) is 0 Å². The SMILES string of the molecule is CC(C)(CNC(=O)c1ccc(-c2ccccc2Cl)o1)N1CCOCC1. The van der Waals surface area contributed by atoms with Gasteiger partial charge in [-0.2, -0.15) is 0 Å². The summed E-state index contributed by atoms with van der Waals surface area (Å²) < 4.78 is 11.1. The van der Waals surface area contributed by atoms with Crippen LogP contribution >= 0.6 is 11.6 Å². The van der Waals surface area contributed by atoms with Gasteiger partial charge in [-0.1, -0.05) is 23.7 Å². The molecular formula is C19H23ClN2O3. The van der Waals surface area contributed by atoms with Crippen LogP contribution in [0.3, 0.4) is 0 Å². The van der Waals surface area contributed by atoms with Crippen molar-refractivity contribution in [1.29, 1.82) is 0 Å². The average Bonchev–Trinajstić information content (AvgIpc) is 3.11. The highest BCUT2D eigenvalue weighted by Crippen LogP contribution is 2.29. The monoisotopic (exact) mass is 362 g/mol. The van der Waals surface area contributed by atoms with Gasteiger partial charge in [0.2, 0.25) is 0 Å². The van der Waals surface area contributed by atoms with Crippen molar-refractivity contribution >= 4 is 17.5 Å². The molecule has 2 aromatic rings. The molecule has 1 aromatic heterocycles. The second-order valence-electron chi connectivity index (χ2n) is 6.74. The fourth-order valence-corrected chi connectivity index (χ4v) is 3.16. The second kappa shape index (κ2) is 7.60. The average molecular weight is 363 g/mol. The van der Waals surface area contributed by atoms with Gasteiger partial charge in [0.25, 0.3) is 5.91 Å². The van der Waals surface area contributed by atoms with Gasteiger partial charge in [-0.15, -0.1) is 0 Å². The Morgan fingerprint density at radius 3 is 2.64 bits per heavy atom. The number of rotatable bonds is 5. The van der Waals surface area contributed by atoms with Crippen LogP contribution in [0.2, 0.25) is 5.02 Å². The molecule has 1 fully saturated rings. The first kappa shape index (κ1) is 18.0. The minimum absolute atomic E-state index is 0.141. The van der Waals surface area contributed by atoms with E-state index in [1.165, 1.54) is 0 Å². The normalized spacial score (nSPS) is 16.0. The number of benzene rings is 1. The molecule has 134 valence electrons. The molecule has 5 nitrogen and oxygen atoms in total. The first-order chi connectivity index (χ1) is 12.0. The molecule has 0 aliphatic carbocycles. The number of carbonyl (C=O) groups is 1. The molecule has 0 bridgehead atoms. The Kier molecular flexibility index (Phi) is 5.47. The minimum Gasteiger partial charge on any atom is -0.451 e. The Morgan fingerprint density at radius 2 is 1.92 bits per heavy atom. The van der Waals surface area contributed by atoms with Crippen LogP contribution in [-0.4, -0.2) is 49.2 Å². The van der Waals surface area contributed by atoms with Gasteiger partial charge in [0, 0.05) is 30.7 Å². The molecular weight excluding hydrogens is 340 g/mol. The van der Waals surface area contributed by atoms with E-state index >= 15 is 0 Å². The molecule has 25 heavy (non-hydrogen) atoms. The first-order valence-corrected chi connectivity index (χ1v) is 8.81. The standard InChI is InChI=1S/C19H23ClN2O3/c1-19(2,22-9-11-24-12-10-22)13-21-18(23)17-8-7-16(25-17)14-5-3-4-6-15(14)20/h3-8H,9-13H2,1-2H3,(H,21,23). The van der Waals surface area contributed by atoms with Gasteiger partial charge in [-0.05, 0) is 38.1 Å². The third-order valence-corrected chi connectivity index (χ3v) is 4.85. The van der Waals surface area contributed by atoms with Crippen LogP contribution in [0.25, 0.3) is 11.3 Å². The molecule has 1 aliphatic rings. The zero-order chi connectivity index (χ0) is 17.9. The molecule has 1 saturated heterocycles. The topological polar surface area (TPSA) is 54.7 Å². The first-order valence-electron chi connectivity index (χ1n) is 8.43. The second-order valence-corrected chi connectivity index (χ2v) is 7.15. The fraction of sp³-hybridized carbons (Fsp3) is 0.421. The van der Waals surface area contributed by atoms with Crippen LogP contribution in [-0.2, 0) is 4.74 Å². The fourth-order valence-electron chi connectivity index (χ4n) is 2.93. The quantitative estimate of drug-likeness (QED) is 0.885. The van der Waals surface area contributed by atoms with E-state index in [4.69, 9.17) is 20.8 Å². The molecule has 0 spiro atoms. The number of ether oxygens (including phenoxy) is 1. The van der Waals surface area contributed by atoms with E-state index in [-0.39, 0.29) is 17.2 Å². The molecule has 1 N–H and O–H groups in total. The van der Waals surface area contributed by atoms with Crippen molar-refractivity contribution in [3.05, 3.63) is 47.2 Å². The summed E-state index contributed by atoms with van der Waals surface area (Å²) in [6.45, 7) is 7.99. The number of furan rings is 1. The summed E-state index contributed by atoms with van der Waals surface area (Å²) in [5, 5.41) is 3.56. The number of amides is 1. The summed E-state index contributed by atoms with van der Waals surface area (Å²) in [5.74, 6) is 0.649. The third kappa shape index (κ3) is 4.24. The summed E-state index contributed by atoms with van der Waals surface area (Å²) in [6.07, 6.45) is 0. The number of halogens is 1. The zero-order valence-electron chi connectivity index (χ0n) is 14.5. The lowest BCUT2D eigenvalue weighted by atomic mass is 10.0. The highest BCUT2D eigenvalue weighted by molar-refractivity contribution is 6.33. The van der Waals surface area contributed by atoms with Gasteiger partial charge in [0.1, 0.15) is 5.76 Å². The maximum Gasteiger partial charge on any atom is 0.287 e. The van der Waals surface area contributed by atoms with Crippen LogP contribution in [0, 0.1) is 0 Å². The summed E-state index contributed by atoms with van der Waals surface area (Å²) in [7, 11) is 0. The maximum atomic E-state index is 12.4. The third-order valence-electron chi connectivity index (χ3n) is 4.52. The molecule has 0 saturated carbocycles. The van der Waals surface area contributed by atoms with E-state index in [1.54, 1.807) is 18.2 Å². The van der Waals surface area contributed by atoms with Crippen LogP contribution in [0.4, 0.5) is 0 Å². The highest BCUT2D eigenvalue weighted by Gasteiger charge is 2.29. The van der Waals surface area contributed by atoms with E-state index in [0.29, 0.717) is 17.3 Å². The largest absolute Gasteiger partial charge is 0.451 e. The van der Waals surface area contributed by atoms with Gasteiger partial charge in [0.05, 0.1) is 18.2 Å². The zero-order valence-corrected chi connectivity index (χ0v) is 15.3. The summed E-state index contributed by atoms with van der Waals surface area (Å²) >= 11 is 6.18. The van der Waals surface area contributed by atoms with E-state index in [9.17, 15) is 4.79 Å². The van der Waals surface area contributed by atoms with Crippen molar-refractivity contribution < 1.29 is 13.9 Å². The molecule has 0 radical (unpaired) electrons. The van der Waals surface area contributed by atoms with E-state index < -0.39 is 0 Å². The lowest BCUT2D eigenvalue weighted by Gasteiger charge is -2.40. The molecule has 1 aromatic carbocycles. The lowest BCUT2D eigenvalue weighted by molar-refractivity contribution is -0.00929. The lowest BCUT2D eigenvalue weighted by Crippen LogP contribution is -2.55. The number of morpholine rings is 1. The maximum absolute atomic E-state index is 12.4.